The Labute approximate surface area is 134 Å². The Kier molecular flexibility index (Phi) is 3.73. The summed E-state index contributed by atoms with van der Waals surface area (Å²) in [5.74, 6) is 0.757. The van der Waals surface area contributed by atoms with Gasteiger partial charge >= 0.3 is 0 Å². The molecular weight excluding hydrogens is 316 g/mol. The summed E-state index contributed by atoms with van der Waals surface area (Å²) in [6.45, 7) is 2.35. The van der Waals surface area contributed by atoms with E-state index in [1.54, 1.807) is 23.1 Å². The zero-order valence-electron chi connectivity index (χ0n) is 12.7. The number of hydrogen-bond acceptors (Lipinski definition) is 4. The van der Waals surface area contributed by atoms with Crippen LogP contribution in [0.4, 0.5) is 11.4 Å². The maximum absolute atomic E-state index is 12.8. The van der Waals surface area contributed by atoms with Crippen LogP contribution >= 0.6 is 0 Å². The van der Waals surface area contributed by atoms with E-state index in [2.05, 4.69) is 4.72 Å². The van der Waals surface area contributed by atoms with Crippen molar-refractivity contribution in [2.45, 2.75) is 6.92 Å². The van der Waals surface area contributed by atoms with E-state index in [9.17, 15) is 13.2 Å². The van der Waals surface area contributed by atoms with Gasteiger partial charge in [-0.2, -0.15) is 0 Å². The fourth-order valence-corrected chi connectivity index (χ4v) is 3.07. The van der Waals surface area contributed by atoms with Gasteiger partial charge in [0, 0.05) is 12.2 Å². The van der Waals surface area contributed by atoms with E-state index in [0.29, 0.717) is 35.0 Å². The fraction of sp³-hybridized carbons (Fsp3) is 0.188. The Hall–Kier alpha value is -2.54. The second-order valence-corrected chi connectivity index (χ2v) is 6.95. The molecule has 0 spiro atoms. The van der Waals surface area contributed by atoms with Crippen molar-refractivity contribution in [2.75, 3.05) is 22.4 Å². The Morgan fingerprint density at radius 1 is 1.13 bits per heavy atom. The Balaban J connectivity index is 2.12. The molecule has 6 nitrogen and oxygen atoms in total. The van der Waals surface area contributed by atoms with Crippen LogP contribution in [-0.4, -0.2) is 27.1 Å². The molecule has 1 aliphatic rings. The van der Waals surface area contributed by atoms with Gasteiger partial charge in [-0.3, -0.25) is 9.52 Å². The Morgan fingerprint density at radius 3 is 2.57 bits per heavy atom. The minimum absolute atomic E-state index is 0.232. The molecule has 7 heteroatoms. The predicted molar refractivity (Wildman–Crippen MR) is 88.8 cm³/mol. The molecule has 1 aliphatic heterocycles. The molecule has 0 aromatic heterocycles. The quantitative estimate of drug-likeness (QED) is 0.938. The van der Waals surface area contributed by atoms with Crippen LogP contribution in [0.25, 0.3) is 0 Å². The van der Waals surface area contributed by atoms with Gasteiger partial charge in [-0.05, 0) is 37.3 Å². The van der Waals surface area contributed by atoms with E-state index in [0.717, 1.165) is 6.26 Å². The highest BCUT2D eigenvalue weighted by Crippen LogP contribution is 2.39. The Morgan fingerprint density at radius 2 is 1.87 bits per heavy atom. The molecule has 1 N–H and O–H groups in total. The van der Waals surface area contributed by atoms with Crippen LogP contribution in [0, 0.1) is 0 Å². The molecule has 0 saturated carbocycles. The van der Waals surface area contributed by atoms with Crippen molar-refractivity contribution in [3.63, 3.8) is 0 Å². The van der Waals surface area contributed by atoms with Crippen LogP contribution < -0.4 is 14.4 Å². The molecule has 2 aromatic carbocycles. The molecule has 23 heavy (non-hydrogen) atoms. The summed E-state index contributed by atoms with van der Waals surface area (Å²) in [4.78, 5) is 14.4. The lowest BCUT2D eigenvalue weighted by atomic mass is 10.1. The number of ether oxygens (including phenoxy) is 1. The standard InChI is InChI=1S/C16H16N2O4S/c1-3-18-13-6-4-5-7-15(13)22-14-9-8-11(17-23(2,20)21)10-12(14)16(18)19/h4-10,17H,3H2,1-2H3. The lowest BCUT2D eigenvalue weighted by Crippen LogP contribution is -2.29. The van der Waals surface area contributed by atoms with Crippen molar-refractivity contribution >= 4 is 27.3 Å². The zero-order valence-corrected chi connectivity index (χ0v) is 13.6. The Bertz CT molecular complexity index is 877. The largest absolute Gasteiger partial charge is 0.454 e. The summed E-state index contributed by atoms with van der Waals surface area (Å²) in [6.07, 6.45) is 1.06. The monoisotopic (exact) mass is 332 g/mol. The molecule has 0 bridgehead atoms. The molecule has 0 aliphatic carbocycles. The van der Waals surface area contributed by atoms with Crippen molar-refractivity contribution in [2.24, 2.45) is 0 Å². The lowest BCUT2D eigenvalue weighted by molar-refractivity contribution is 0.0988. The van der Waals surface area contributed by atoms with Gasteiger partial charge in [-0.25, -0.2) is 8.42 Å². The first-order valence-electron chi connectivity index (χ1n) is 7.09. The van der Waals surface area contributed by atoms with Crippen molar-refractivity contribution in [3.8, 4) is 11.5 Å². The first-order valence-corrected chi connectivity index (χ1v) is 8.99. The van der Waals surface area contributed by atoms with Gasteiger partial charge in [-0.1, -0.05) is 12.1 Å². The number of hydrogen-bond donors (Lipinski definition) is 1. The number of sulfonamides is 1. The predicted octanol–water partition coefficient (Wildman–Crippen LogP) is 2.83. The van der Waals surface area contributed by atoms with Gasteiger partial charge < -0.3 is 9.64 Å². The highest BCUT2D eigenvalue weighted by molar-refractivity contribution is 7.92. The van der Waals surface area contributed by atoms with E-state index >= 15 is 0 Å². The zero-order chi connectivity index (χ0) is 16.6. The first kappa shape index (κ1) is 15.4. The normalized spacial score (nSPS) is 13.7. The molecule has 3 rings (SSSR count). The molecule has 0 fully saturated rings. The van der Waals surface area contributed by atoms with E-state index in [1.807, 2.05) is 25.1 Å². The van der Waals surface area contributed by atoms with Gasteiger partial charge in [-0.15, -0.1) is 0 Å². The molecule has 0 saturated heterocycles. The molecule has 0 atom stereocenters. The average molecular weight is 332 g/mol. The number of anilines is 2. The van der Waals surface area contributed by atoms with Gasteiger partial charge in [0.25, 0.3) is 5.91 Å². The number of carbonyl (C=O) groups is 1. The van der Waals surface area contributed by atoms with Crippen LogP contribution in [0.15, 0.2) is 42.5 Å². The number of rotatable bonds is 3. The third-order valence-corrected chi connectivity index (χ3v) is 4.06. The summed E-state index contributed by atoms with van der Waals surface area (Å²) in [5, 5.41) is 0. The third-order valence-electron chi connectivity index (χ3n) is 3.45. The summed E-state index contributed by atoms with van der Waals surface area (Å²) >= 11 is 0. The third kappa shape index (κ3) is 3.00. The molecule has 1 heterocycles. The van der Waals surface area contributed by atoms with Crippen LogP contribution in [0.5, 0.6) is 11.5 Å². The van der Waals surface area contributed by atoms with Crippen molar-refractivity contribution < 1.29 is 17.9 Å². The molecule has 1 amide bonds. The summed E-state index contributed by atoms with van der Waals surface area (Å²) in [7, 11) is -3.42. The van der Waals surface area contributed by atoms with Gasteiger partial charge in [0.1, 0.15) is 5.75 Å². The van der Waals surface area contributed by atoms with Gasteiger partial charge in [0.2, 0.25) is 10.0 Å². The fourth-order valence-electron chi connectivity index (χ4n) is 2.52. The highest BCUT2D eigenvalue weighted by atomic mass is 32.2. The second kappa shape index (κ2) is 5.58. The number of carbonyl (C=O) groups excluding carboxylic acids is 1. The minimum atomic E-state index is -3.42. The van der Waals surface area contributed by atoms with Crippen molar-refractivity contribution in [1.29, 1.82) is 0 Å². The first-order chi connectivity index (χ1) is 10.9. The number of amides is 1. The number of benzene rings is 2. The molecular formula is C16H16N2O4S. The van der Waals surface area contributed by atoms with E-state index in [1.165, 1.54) is 6.07 Å². The van der Waals surface area contributed by atoms with E-state index < -0.39 is 10.0 Å². The lowest BCUT2D eigenvalue weighted by Gasteiger charge is -2.19. The molecule has 0 unspecified atom stereocenters. The maximum Gasteiger partial charge on any atom is 0.262 e. The molecule has 120 valence electrons. The van der Waals surface area contributed by atoms with Crippen LogP contribution in [0.2, 0.25) is 0 Å². The number of para-hydroxylation sites is 2. The SMILES string of the molecule is CCN1C(=O)c2cc(NS(C)(=O)=O)ccc2Oc2ccccc21. The highest BCUT2D eigenvalue weighted by Gasteiger charge is 2.27. The van der Waals surface area contributed by atoms with Crippen molar-refractivity contribution in [3.05, 3.63) is 48.0 Å². The smallest absolute Gasteiger partial charge is 0.262 e. The van der Waals surface area contributed by atoms with Crippen LogP contribution in [-0.2, 0) is 10.0 Å². The minimum Gasteiger partial charge on any atom is -0.454 e. The summed E-state index contributed by atoms with van der Waals surface area (Å²) < 4.78 is 31.0. The second-order valence-electron chi connectivity index (χ2n) is 5.20. The van der Waals surface area contributed by atoms with Crippen molar-refractivity contribution in [1.82, 2.24) is 0 Å². The van der Waals surface area contributed by atoms with Crippen LogP contribution in [0.1, 0.15) is 17.3 Å². The molecule has 2 aromatic rings. The van der Waals surface area contributed by atoms with Crippen LogP contribution in [0.3, 0.4) is 0 Å². The molecule has 0 radical (unpaired) electrons. The van der Waals surface area contributed by atoms with E-state index in [-0.39, 0.29) is 5.91 Å². The summed E-state index contributed by atoms with van der Waals surface area (Å²) in [5.41, 5.74) is 1.33. The average Bonchev–Trinajstić information content (AvgIpc) is 2.60. The van der Waals surface area contributed by atoms with Gasteiger partial charge in [0.05, 0.1) is 17.5 Å². The maximum atomic E-state index is 12.8. The number of nitrogens with zero attached hydrogens (tertiary/aromatic N) is 1. The number of nitrogens with one attached hydrogen (secondary N) is 1. The number of fused-ring (bicyclic) bond motifs is 2. The van der Waals surface area contributed by atoms with Gasteiger partial charge in [0.15, 0.2) is 5.75 Å². The summed E-state index contributed by atoms with van der Waals surface area (Å²) in [6, 6.07) is 11.9. The van der Waals surface area contributed by atoms with E-state index in [4.69, 9.17) is 4.74 Å². The topological polar surface area (TPSA) is 75.7 Å².